The van der Waals surface area contributed by atoms with E-state index in [9.17, 15) is 13.2 Å². The van der Waals surface area contributed by atoms with Gasteiger partial charge in [-0.25, -0.2) is 13.1 Å². The number of nitrogens with zero attached hydrogens (tertiary/aromatic N) is 2. The molecular weight excluding hydrogens is 266 g/mol. The Morgan fingerprint density at radius 3 is 2.95 bits per heavy atom. The third-order valence-corrected chi connectivity index (χ3v) is 3.76. The minimum absolute atomic E-state index is 0.104. The summed E-state index contributed by atoms with van der Waals surface area (Å²) in [4.78, 5) is 17.8. The van der Waals surface area contributed by atoms with E-state index < -0.39 is 10.0 Å². The maximum atomic E-state index is 12.2. The molecule has 0 spiro atoms. The molecular formula is C12H17N3O3S. The van der Waals surface area contributed by atoms with Crippen molar-refractivity contribution in [3.8, 4) is 0 Å². The predicted molar refractivity (Wildman–Crippen MR) is 71.1 cm³/mol. The van der Waals surface area contributed by atoms with E-state index in [0.717, 1.165) is 19.1 Å². The zero-order valence-corrected chi connectivity index (χ0v) is 11.6. The molecule has 2 rings (SSSR count). The van der Waals surface area contributed by atoms with Crippen LogP contribution in [-0.2, 0) is 10.0 Å². The van der Waals surface area contributed by atoms with Gasteiger partial charge >= 0.3 is 0 Å². The Labute approximate surface area is 112 Å². The summed E-state index contributed by atoms with van der Waals surface area (Å²) in [5.41, 5.74) is 0.530. The molecule has 19 heavy (non-hydrogen) atoms. The number of piperidine rings is 1. The van der Waals surface area contributed by atoms with Crippen molar-refractivity contribution in [3.05, 3.63) is 30.1 Å². The van der Waals surface area contributed by atoms with Gasteiger partial charge in [-0.3, -0.25) is 9.78 Å². The Bertz CT molecular complexity index is 545. The van der Waals surface area contributed by atoms with Gasteiger partial charge in [0.25, 0.3) is 5.91 Å². The van der Waals surface area contributed by atoms with Crippen LogP contribution in [0.1, 0.15) is 23.2 Å². The molecule has 2 heterocycles. The first-order valence-electron chi connectivity index (χ1n) is 6.12. The summed E-state index contributed by atoms with van der Waals surface area (Å²) < 4.78 is 25.0. The maximum Gasteiger partial charge on any atom is 0.255 e. The molecule has 1 fully saturated rings. The van der Waals surface area contributed by atoms with Gasteiger partial charge in [-0.05, 0) is 25.0 Å². The number of amides is 1. The van der Waals surface area contributed by atoms with Crippen LogP contribution in [0.3, 0.4) is 0 Å². The number of rotatable bonds is 3. The van der Waals surface area contributed by atoms with Gasteiger partial charge in [0, 0.05) is 31.5 Å². The van der Waals surface area contributed by atoms with Crippen LogP contribution in [0.25, 0.3) is 0 Å². The van der Waals surface area contributed by atoms with Crippen molar-refractivity contribution in [1.82, 2.24) is 14.6 Å². The SMILES string of the molecule is CS(=O)(=O)N[C@H]1CCCN(C(=O)c2cccnc2)C1. The molecule has 0 bridgehead atoms. The van der Waals surface area contributed by atoms with Gasteiger partial charge < -0.3 is 4.90 Å². The van der Waals surface area contributed by atoms with Crippen LogP contribution >= 0.6 is 0 Å². The first kappa shape index (κ1) is 14.0. The van der Waals surface area contributed by atoms with Crippen molar-refractivity contribution in [2.24, 2.45) is 0 Å². The van der Waals surface area contributed by atoms with Crippen molar-refractivity contribution in [3.63, 3.8) is 0 Å². The van der Waals surface area contributed by atoms with Gasteiger partial charge in [-0.1, -0.05) is 0 Å². The van der Waals surface area contributed by atoms with Crippen LogP contribution in [0.4, 0.5) is 0 Å². The van der Waals surface area contributed by atoms with E-state index in [1.807, 2.05) is 0 Å². The highest BCUT2D eigenvalue weighted by molar-refractivity contribution is 7.88. The van der Waals surface area contributed by atoms with Crippen molar-refractivity contribution in [2.45, 2.75) is 18.9 Å². The molecule has 1 atom stereocenters. The number of sulfonamides is 1. The third-order valence-electron chi connectivity index (χ3n) is 3.00. The smallest absolute Gasteiger partial charge is 0.255 e. The zero-order chi connectivity index (χ0) is 13.9. The number of pyridine rings is 1. The zero-order valence-electron chi connectivity index (χ0n) is 10.7. The largest absolute Gasteiger partial charge is 0.337 e. The molecule has 1 amide bonds. The Kier molecular flexibility index (Phi) is 4.16. The quantitative estimate of drug-likeness (QED) is 0.861. The van der Waals surface area contributed by atoms with Crippen LogP contribution in [-0.4, -0.2) is 49.6 Å². The van der Waals surface area contributed by atoms with Crippen LogP contribution in [0, 0.1) is 0 Å². The second-order valence-electron chi connectivity index (χ2n) is 4.72. The number of likely N-dealkylation sites (tertiary alicyclic amines) is 1. The molecule has 104 valence electrons. The first-order valence-corrected chi connectivity index (χ1v) is 8.01. The summed E-state index contributed by atoms with van der Waals surface area (Å²) in [6, 6.07) is 3.22. The normalized spacial score (nSPS) is 20.3. The molecule has 1 aliphatic rings. The number of nitrogens with one attached hydrogen (secondary N) is 1. The van der Waals surface area contributed by atoms with Crippen molar-refractivity contribution in [2.75, 3.05) is 19.3 Å². The highest BCUT2D eigenvalue weighted by Crippen LogP contribution is 2.13. The van der Waals surface area contributed by atoms with Crippen LogP contribution < -0.4 is 4.72 Å². The van der Waals surface area contributed by atoms with Gasteiger partial charge in [-0.15, -0.1) is 0 Å². The average Bonchev–Trinajstić information content (AvgIpc) is 2.37. The summed E-state index contributed by atoms with van der Waals surface area (Å²) in [6.07, 6.45) is 5.81. The van der Waals surface area contributed by atoms with E-state index in [1.54, 1.807) is 23.2 Å². The molecule has 1 aliphatic heterocycles. The van der Waals surface area contributed by atoms with Gasteiger partial charge in [0.15, 0.2) is 0 Å². The van der Waals surface area contributed by atoms with Crippen LogP contribution in [0.15, 0.2) is 24.5 Å². The molecule has 1 aromatic heterocycles. The summed E-state index contributed by atoms with van der Waals surface area (Å²) in [6.45, 7) is 1.05. The maximum absolute atomic E-state index is 12.2. The van der Waals surface area contributed by atoms with E-state index in [2.05, 4.69) is 9.71 Å². The van der Waals surface area contributed by atoms with E-state index >= 15 is 0 Å². The number of carbonyl (C=O) groups excluding carboxylic acids is 1. The number of hydrogen-bond acceptors (Lipinski definition) is 4. The van der Waals surface area contributed by atoms with Crippen LogP contribution in [0.2, 0.25) is 0 Å². The molecule has 6 nitrogen and oxygen atoms in total. The number of aromatic nitrogens is 1. The Hall–Kier alpha value is -1.47. The molecule has 7 heteroatoms. The number of carbonyl (C=O) groups is 1. The minimum Gasteiger partial charge on any atom is -0.337 e. The number of hydrogen-bond donors (Lipinski definition) is 1. The van der Waals surface area contributed by atoms with E-state index in [-0.39, 0.29) is 11.9 Å². The predicted octanol–water partition coefficient (Wildman–Crippen LogP) is 0.235. The van der Waals surface area contributed by atoms with Gasteiger partial charge in [0.1, 0.15) is 0 Å². The fourth-order valence-corrected chi connectivity index (χ4v) is 3.03. The Morgan fingerprint density at radius 1 is 1.53 bits per heavy atom. The molecule has 0 radical (unpaired) electrons. The monoisotopic (exact) mass is 283 g/mol. The summed E-state index contributed by atoms with van der Waals surface area (Å²) in [5, 5.41) is 0. The topological polar surface area (TPSA) is 79.4 Å². The second kappa shape index (κ2) is 5.66. The second-order valence-corrected chi connectivity index (χ2v) is 6.50. The van der Waals surface area contributed by atoms with Crippen LogP contribution in [0.5, 0.6) is 0 Å². The van der Waals surface area contributed by atoms with Crippen molar-refractivity contribution >= 4 is 15.9 Å². The summed E-state index contributed by atoms with van der Waals surface area (Å²) in [7, 11) is -3.24. The molecule has 0 aliphatic carbocycles. The Morgan fingerprint density at radius 2 is 2.32 bits per heavy atom. The first-order chi connectivity index (χ1) is 8.96. The highest BCUT2D eigenvalue weighted by Gasteiger charge is 2.26. The highest BCUT2D eigenvalue weighted by atomic mass is 32.2. The molecule has 1 N–H and O–H groups in total. The molecule has 0 unspecified atom stereocenters. The minimum atomic E-state index is -3.24. The van der Waals surface area contributed by atoms with Gasteiger partial charge in [0.2, 0.25) is 10.0 Å². The van der Waals surface area contributed by atoms with Gasteiger partial charge in [0.05, 0.1) is 11.8 Å². The Balaban J connectivity index is 2.03. The lowest BCUT2D eigenvalue weighted by Gasteiger charge is -2.32. The van der Waals surface area contributed by atoms with E-state index in [1.165, 1.54) is 6.20 Å². The molecule has 1 saturated heterocycles. The molecule has 0 aromatic carbocycles. The summed E-state index contributed by atoms with van der Waals surface area (Å²) in [5.74, 6) is -0.104. The molecule has 1 aromatic rings. The average molecular weight is 283 g/mol. The van der Waals surface area contributed by atoms with E-state index in [4.69, 9.17) is 0 Å². The lowest BCUT2D eigenvalue weighted by atomic mass is 10.1. The van der Waals surface area contributed by atoms with Gasteiger partial charge in [-0.2, -0.15) is 0 Å². The summed E-state index contributed by atoms with van der Waals surface area (Å²) >= 11 is 0. The standard InChI is InChI=1S/C12H17N3O3S/c1-19(17,18)14-11-5-3-7-15(9-11)12(16)10-4-2-6-13-8-10/h2,4,6,8,11,14H,3,5,7,9H2,1H3/t11-/m0/s1. The lowest BCUT2D eigenvalue weighted by Crippen LogP contribution is -2.49. The third kappa shape index (κ3) is 4.00. The van der Waals surface area contributed by atoms with Crippen molar-refractivity contribution in [1.29, 1.82) is 0 Å². The fraction of sp³-hybridized carbons (Fsp3) is 0.500. The van der Waals surface area contributed by atoms with Crippen molar-refractivity contribution < 1.29 is 13.2 Å². The molecule has 0 saturated carbocycles. The fourth-order valence-electron chi connectivity index (χ4n) is 2.23. The van der Waals surface area contributed by atoms with E-state index in [0.29, 0.717) is 18.7 Å². The lowest BCUT2D eigenvalue weighted by molar-refractivity contribution is 0.0702.